The number of rotatable bonds is 2. The molecule has 0 radical (unpaired) electrons. The number of piperidine rings is 1. The van der Waals surface area contributed by atoms with Crippen LogP contribution in [0.2, 0.25) is 0 Å². The third kappa shape index (κ3) is 2.94. The molecule has 1 amide bonds. The minimum Gasteiger partial charge on any atom is -0.343 e. The minimum absolute atomic E-state index is 0.251. The van der Waals surface area contributed by atoms with Crippen LogP contribution >= 0.6 is 0 Å². The molecule has 3 nitrogen and oxygen atoms in total. The van der Waals surface area contributed by atoms with Crippen LogP contribution in [0.5, 0.6) is 0 Å². The maximum absolute atomic E-state index is 11.3. The second kappa shape index (κ2) is 4.97. The lowest BCUT2D eigenvalue weighted by atomic mass is 9.97. The molecule has 2 aliphatic rings. The predicted molar refractivity (Wildman–Crippen MR) is 60.7 cm³/mol. The van der Waals surface area contributed by atoms with Gasteiger partial charge in [0.2, 0.25) is 5.91 Å². The van der Waals surface area contributed by atoms with Gasteiger partial charge in [0.15, 0.2) is 0 Å². The van der Waals surface area contributed by atoms with Crippen molar-refractivity contribution in [1.29, 1.82) is 0 Å². The fourth-order valence-corrected chi connectivity index (χ4v) is 2.83. The standard InChI is InChI=1S/C12H22N2O/c1-11(15)14-8-4-5-12(10-14)9-13-6-2-3-7-13/h12H,2-10H2,1H3/t12-/m0/s1. The SMILES string of the molecule is CC(=O)N1CCC[C@@H](CN2CCCC2)C1. The van der Waals surface area contributed by atoms with E-state index < -0.39 is 0 Å². The van der Waals surface area contributed by atoms with E-state index in [1.54, 1.807) is 6.92 Å². The molecule has 0 bridgehead atoms. The first-order chi connectivity index (χ1) is 7.25. The lowest BCUT2D eigenvalue weighted by molar-refractivity contribution is -0.130. The molecule has 0 spiro atoms. The van der Waals surface area contributed by atoms with E-state index in [0.29, 0.717) is 0 Å². The van der Waals surface area contributed by atoms with Crippen molar-refractivity contribution >= 4 is 5.91 Å². The Kier molecular flexibility index (Phi) is 3.62. The highest BCUT2D eigenvalue weighted by Gasteiger charge is 2.24. The van der Waals surface area contributed by atoms with E-state index in [-0.39, 0.29) is 5.91 Å². The molecule has 0 aromatic rings. The molecule has 2 heterocycles. The van der Waals surface area contributed by atoms with Gasteiger partial charge in [0.1, 0.15) is 0 Å². The monoisotopic (exact) mass is 210 g/mol. The predicted octanol–water partition coefficient (Wildman–Crippen LogP) is 1.34. The molecule has 0 N–H and O–H groups in total. The van der Waals surface area contributed by atoms with Crippen molar-refractivity contribution in [1.82, 2.24) is 9.80 Å². The molecule has 2 rings (SSSR count). The van der Waals surface area contributed by atoms with E-state index in [2.05, 4.69) is 4.90 Å². The molecular formula is C12H22N2O. The first-order valence-corrected chi connectivity index (χ1v) is 6.23. The van der Waals surface area contributed by atoms with Crippen LogP contribution in [0.25, 0.3) is 0 Å². The van der Waals surface area contributed by atoms with Crippen molar-refractivity contribution in [3.05, 3.63) is 0 Å². The van der Waals surface area contributed by atoms with Crippen molar-refractivity contribution < 1.29 is 4.79 Å². The summed E-state index contributed by atoms with van der Waals surface area (Å²) in [6.45, 7) is 7.42. The van der Waals surface area contributed by atoms with E-state index in [4.69, 9.17) is 0 Å². The zero-order valence-electron chi connectivity index (χ0n) is 9.74. The minimum atomic E-state index is 0.251. The highest BCUT2D eigenvalue weighted by molar-refractivity contribution is 5.73. The zero-order valence-corrected chi connectivity index (χ0v) is 9.74. The fourth-order valence-electron chi connectivity index (χ4n) is 2.83. The van der Waals surface area contributed by atoms with E-state index >= 15 is 0 Å². The van der Waals surface area contributed by atoms with Crippen LogP contribution in [-0.2, 0) is 4.79 Å². The third-order valence-electron chi connectivity index (χ3n) is 3.68. The van der Waals surface area contributed by atoms with Gasteiger partial charge in [-0.15, -0.1) is 0 Å². The van der Waals surface area contributed by atoms with Gasteiger partial charge in [0.05, 0.1) is 0 Å². The van der Waals surface area contributed by atoms with Gasteiger partial charge in [-0.2, -0.15) is 0 Å². The van der Waals surface area contributed by atoms with Crippen LogP contribution < -0.4 is 0 Å². The Labute approximate surface area is 92.4 Å². The van der Waals surface area contributed by atoms with Gasteiger partial charge in [-0.05, 0) is 44.7 Å². The zero-order chi connectivity index (χ0) is 10.7. The highest BCUT2D eigenvalue weighted by Crippen LogP contribution is 2.19. The Morgan fingerprint density at radius 1 is 1.20 bits per heavy atom. The topological polar surface area (TPSA) is 23.6 Å². The molecule has 2 fully saturated rings. The lowest BCUT2D eigenvalue weighted by Crippen LogP contribution is -2.42. The summed E-state index contributed by atoms with van der Waals surface area (Å²) in [6.07, 6.45) is 5.23. The number of hydrogen-bond donors (Lipinski definition) is 0. The van der Waals surface area contributed by atoms with E-state index in [1.807, 2.05) is 4.90 Å². The van der Waals surface area contributed by atoms with Crippen molar-refractivity contribution in [3.63, 3.8) is 0 Å². The Morgan fingerprint density at radius 2 is 1.93 bits per heavy atom. The molecule has 15 heavy (non-hydrogen) atoms. The van der Waals surface area contributed by atoms with Gasteiger partial charge in [-0.3, -0.25) is 4.79 Å². The van der Waals surface area contributed by atoms with Crippen LogP contribution in [0.1, 0.15) is 32.6 Å². The summed E-state index contributed by atoms with van der Waals surface area (Å²) in [4.78, 5) is 15.9. The number of carbonyl (C=O) groups is 1. The fraction of sp³-hybridized carbons (Fsp3) is 0.917. The average molecular weight is 210 g/mol. The molecule has 1 atom stereocenters. The second-order valence-electron chi connectivity index (χ2n) is 4.98. The summed E-state index contributed by atoms with van der Waals surface area (Å²) >= 11 is 0. The first kappa shape index (κ1) is 10.9. The Hall–Kier alpha value is -0.570. The smallest absolute Gasteiger partial charge is 0.219 e. The van der Waals surface area contributed by atoms with Gasteiger partial charge in [0.25, 0.3) is 0 Å². The van der Waals surface area contributed by atoms with Gasteiger partial charge in [0, 0.05) is 26.6 Å². The molecule has 3 heteroatoms. The van der Waals surface area contributed by atoms with Crippen LogP contribution in [0.4, 0.5) is 0 Å². The van der Waals surface area contributed by atoms with Gasteiger partial charge < -0.3 is 9.80 Å². The number of amides is 1. The molecule has 0 aromatic carbocycles. The molecular weight excluding hydrogens is 188 g/mol. The molecule has 0 aliphatic carbocycles. The molecule has 0 saturated carbocycles. The second-order valence-corrected chi connectivity index (χ2v) is 4.98. The van der Waals surface area contributed by atoms with Crippen molar-refractivity contribution in [2.45, 2.75) is 32.6 Å². The first-order valence-electron chi connectivity index (χ1n) is 6.23. The number of likely N-dealkylation sites (tertiary alicyclic amines) is 2. The Bertz CT molecular complexity index is 224. The molecule has 0 unspecified atom stereocenters. The summed E-state index contributed by atoms with van der Waals surface area (Å²) in [5.41, 5.74) is 0. The van der Waals surface area contributed by atoms with E-state index in [0.717, 1.165) is 19.0 Å². The molecule has 2 aliphatic heterocycles. The van der Waals surface area contributed by atoms with Crippen LogP contribution in [0.15, 0.2) is 0 Å². The van der Waals surface area contributed by atoms with Crippen molar-refractivity contribution in [2.75, 3.05) is 32.7 Å². The van der Waals surface area contributed by atoms with Crippen LogP contribution in [-0.4, -0.2) is 48.4 Å². The number of carbonyl (C=O) groups excluding carboxylic acids is 1. The summed E-state index contributed by atoms with van der Waals surface area (Å²) in [7, 11) is 0. The van der Waals surface area contributed by atoms with Gasteiger partial charge >= 0.3 is 0 Å². The molecule has 2 saturated heterocycles. The molecule has 0 aromatic heterocycles. The summed E-state index contributed by atoms with van der Waals surface area (Å²) < 4.78 is 0. The lowest BCUT2D eigenvalue weighted by Gasteiger charge is -2.34. The average Bonchev–Trinajstić information content (AvgIpc) is 2.71. The summed E-state index contributed by atoms with van der Waals surface area (Å²) in [6, 6.07) is 0. The Morgan fingerprint density at radius 3 is 2.60 bits per heavy atom. The molecule has 86 valence electrons. The Balaban J connectivity index is 1.79. The maximum atomic E-state index is 11.3. The van der Waals surface area contributed by atoms with Crippen molar-refractivity contribution in [3.8, 4) is 0 Å². The maximum Gasteiger partial charge on any atom is 0.219 e. The normalized spacial score (nSPS) is 28.3. The summed E-state index contributed by atoms with van der Waals surface area (Å²) in [5.74, 6) is 0.974. The van der Waals surface area contributed by atoms with Gasteiger partial charge in [-0.25, -0.2) is 0 Å². The highest BCUT2D eigenvalue weighted by atomic mass is 16.2. The number of nitrogens with zero attached hydrogens (tertiary/aromatic N) is 2. The van der Waals surface area contributed by atoms with Crippen molar-refractivity contribution in [2.24, 2.45) is 5.92 Å². The quantitative estimate of drug-likeness (QED) is 0.686. The summed E-state index contributed by atoms with van der Waals surface area (Å²) in [5, 5.41) is 0. The number of hydrogen-bond acceptors (Lipinski definition) is 2. The third-order valence-corrected chi connectivity index (χ3v) is 3.68. The van der Waals surface area contributed by atoms with E-state index in [9.17, 15) is 4.79 Å². The van der Waals surface area contributed by atoms with Crippen LogP contribution in [0.3, 0.4) is 0 Å². The van der Waals surface area contributed by atoms with E-state index in [1.165, 1.54) is 45.3 Å². The largest absolute Gasteiger partial charge is 0.343 e. The van der Waals surface area contributed by atoms with Crippen LogP contribution in [0, 0.1) is 5.92 Å². The van der Waals surface area contributed by atoms with Gasteiger partial charge in [-0.1, -0.05) is 0 Å².